The number of amides is 2. The van der Waals surface area contributed by atoms with Crippen molar-refractivity contribution in [3.63, 3.8) is 0 Å². The molecule has 0 radical (unpaired) electrons. The number of imide groups is 1. The highest BCUT2D eigenvalue weighted by atomic mass is 32.2. The normalized spacial score (nSPS) is 28.0. The van der Waals surface area contributed by atoms with Gasteiger partial charge < -0.3 is 4.74 Å². The number of ether oxygens (including phenoxy) is 1. The molecule has 2 aliphatic rings. The first kappa shape index (κ1) is 16.5. The molecule has 0 aromatic rings. The van der Waals surface area contributed by atoms with Crippen molar-refractivity contribution in [3.8, 4) is 0 Å². The van der Waals surface area contributed by atoms with E-state index in [4.69, 9.17) is 17.0 Å². The largest absolute Gasteiger partial charge is 0.479 e. The van der Waals surface area contributed by atoms with Crippen LogP contribution in [0.15, 0.2) is 0 Å². The Labute approximate surface area is 137 Å². The molecule has 2 unspecified atom stereocenters. The molecular formula is C12H17NO3S4. The number of nitrogens with zero attached hydrogens (tertiary/aromatic N) is 1. The smallest absolute Gasteiger partial charge is 0.243 e. The lowest BCUT2D eigenvalue weighted by Gasteiger charge is -2.27. The van der Waals surface area contributed by atoms with Crippen molar-refractivity contribution < 1.29 is 14.3 Å². The Morgan fingerprint density at radius 3 is 2.65 bits per heavy atom. The maximum Gasteiger partial charge on any atom is 0.243 e. The highest BCUT2D eigenvalue weighted by Gasteiger charge is 2.51. The summed E-state index contributed by atoms with van der Waals surface area (Å²) in [6, 6.07) is 0. The van der Waals surface area contributed by atoms with E-state index >= 15 is 0 Å². The van der Waals surface area contributed by atoms with E-state index in [0.717, 1.165) is 17.9 Å². The van der Waals surface area contributed by atoms with Crippen molar-refractivity contribution in [1.29, 1.82) is 0 Å². The number of thiocarbonyl (C=S) groups is 1. The lowest BCUT2D eigenvalue weighted by molar-refractivity contribution is -0.137. The molecule has 2 aliphatic heterocycles. The molecule has 2 fully saturated rings. The van der Waals surface area contributed by atoms with Gasteiger partial charge in [0.15, 0.2) is 0 Å². The van der Waals surface area contributed by atoms with Gasteiger partial charge in [0, 0.05) is 7.05 Å². The van der Waals surface area contributed by atoms with Gasteiger partial charge in [0.05, 0.1) is 17.1 Å². The maximum absolute atomic E-state index is 12.3. The number of carbonyl (C=O) groups is 2. The average Bonchev–Trinajstić information content (AvgIpc) is 2.65. The van der Waals surface area contributed by atoms with Gasteiger partial charge in [0.25, 0.3) is 0 Å². The third-order valence-corrected chi connectivity index (χ3v) is 7.72. The van der Waals surface area contributed by atoms with E-state index in [1.807, 2.05) is 6.92 Å². The van der Waals surface area contributed by atoms with Crippen molar-refractivity contribution in [2.75, 3.05) is 25.2 Å². The molecule has 8 heteroatoms. The van der Waals surface area contributed by atoms with E-state index in [2.05, 4.69) is 0 Å². The third kappa shape index (κ3) is 3.45. The quantitative estimate of drug-likeness (QED) is 0.571. The molecule has 2 saturated heterocycles. The van der Waals surface area contributed by atoms with Crippen molar-refractivity contribution in [2.45, 2.75) is 23.2 Å². The fraction of sp³-hybridized carbons (Fsp3) is 0.750. The zero-order chi connectivity index (χ0) is 14.7. The minimum Gasteiger partial charge on any atom is -0.479 e. The first-order valence-corrected chi connectivity index (χ1v) is 9.82. The van der Waals surface area contributed by atoms with Crippen LogP contribution in [0.1, 0.15) is 13.3 Å². The van der Waals surface area contributed by atoms with Crippen LogP contribution in [-0.4, -0.2) is 56.1 Å². The molecule has 2 atom stereocenters. The van der Waals surface area contributed by atoms with Gasteiger partial charge in [-0.15, -0.1) is 23.5 Å². The van der Waals surface area contributed by atoms with Gasteiger partial charge >= 0.3 is 0 Å². The number of hydrogen-bond donors (Lipinski definition) is 0. The van der Waals surface area contributed by atoms with Gasteiger partial charge in [0.2, 0.25) is 16.2 Å². The van der Waals surface area contributed by atoms with Crippen LogP contribution in [0.5, 0.6) is 0 Å². The maximum atomic E-state index is 12.3. The predicted molar refractivity (Wildman–Crippen MR) is 90.2 cm³/mol. The SMILES string of the molecule is CCOC(=S)SC1C(=O)N(C)C(=O)C1C1SCCCS1. The molecule has 0 aromatic carbocycles. The zero-order valence-corrected chi connectivity index (χ0v) is 14.6. The van der Waals surface area contributed by atoms with Crippen LogP contribution in [-0.2, 0) is 14.3 Å². The fourth-order valence-electron chi connectivity index (χ4n) is 2.16. The third-order valence-electron chi connectivity index (χ3n) is 3.15. The molecule has 0 saturated carbocycles. The molecule has 0 aromatic heterocycles. The summed E-state index contributed by atoms with van der Waals surface area (Å²) in [4.78, 5) is 25.8. The van der Waals surface area contributed by atoms with E-state index in [1.165, 1.54) is 16.7 Å². The minimum absolute atomic E-state index is 0.0845. The van der Waals surface area contributed by atoms with E-state index < -0.39 is 5.25 Å². The highest BCUT2D eigenvalue weighted by molar-refractivity contribution is 8.23. The molecule has 0 spiro atoms. The van der Waals surface area contributed by atoms with Gasteiger partial charge in [-0.3, -0.25) is 14.5 Å². The Balaban J connectivity index is 2.13. The molecule has 0 N–H and O–H groups in total. The molecule has 4 nitrogen and oxygen atoms in total. The minimum atomic E-state index is -0.436. The molecule has 2 heterocycles. The standard InChI is InChI=1S/C12H17NO3S4/c1-3-16-12(17)20-8-7(9(14)13(2)10(8)15)11-18-5-4-6-19-11/h7-8,11H,3-6H2,1-2H3. The molecule has 2 rings (SSSR count). The Kier molecular flexibility index (Phi) is 6.07. The predicted octanol–water partition coefficient (Wildman–Crippen LogP) is 2.22. The van der Waals surface area contributed by atoms with Gasteiger partial charge in [-0.05, 0) is 37.1 Å². The first-order chi connectivity index (χ1) is 9.56. The molecule has 20 heavy (non-hydrogen) atoms. The van der Waals surface area contributed by atoms with Crippen LogP contribution in [0.2, 0.25) is 0 Å². The number of likely N-dealkylation sites (tertiary alicyclic amines) is 1. The van der Waals surface area contributed by atoms with Crippen LogP contribution < -0.4 is 0 Å². The monoisotopic (exact) mass is 351 g/mol. The zero-order valence-electron chi connectivity index (χ0n) is 11.4. The van der Waals surface area contributed by atoms with E-state index in [9.17, 15) is 9.59 Å². The summed E-state index contributed by atoms with van der Waals surface area (Å²) >= 11 is 9.90. The van der Waals surface area contributed by atoms with Gasteiger partial charge in [-0.25, -0.2) is 0 Å². The summed E-state index contributed by atoms with van der Waals surface area (Å²) in [6.45, 7) is 2.33. The number of hydrogen-bond acceptors (Lipinski definition) is 7. The highest BCUT2D eigenvalue weighted by Crippen LogP contribution is 2.44. The summed E-state index contributed by atoms with van der Waals surface area (Å²) in [5, 5.41) is -0.436. The van der Waals surface area contributed by atoms with Crippen LogP contribution in [0, 0.1) is 5.92 Å². The molecule has 112 valence electrons. The van der Waals surface area contributed by atoms with Crippen LogP contribution in [0.25, 0.3) is 0 Å². The van der Waals surface area contributed by atoms with Gasteiger partial charge in [0.1, 0.15) is 5.25 Å². The van der Waals surface area contributed by atoms with E-state index in [0.29, 0.717) is 11.0 Å². The Morgan fingerprint density at radius 2 is 2.05 bits per heavy atom. The summed E-state index contributed by atoms with van der Waals surface area (Å²) in [5.41, 5.74) is 0. The van der Waals surface area contributed by atoms with E-state index in [1.54, 1.807) is 30.6 Å². The summed E-state index contributed by atoms with van der Waals surface area (Å²) in [7, 11) is 1.56. The number of carbonyl (C=O) groups excluding carboxylic acids is 2. The lowest BCUT2D eigenvalue weighted by atomic mass is 10.1. The van der Waals surface area contributed by atoms with Crippen molar-refractivity contribution in [2.24, 2.45) is 5.92 Å². The summed E-state index contributed by atoms with van der Waals surface area (Å²) in [5.74, 6) is 1.56. The van der Waals surface area contributed by atoms with Crippen LogP contribution in [0.4, 0.5) is 0 Å². The van der Waals surface area contributed by atoms with Crippen molar-refractivity contribution in [3.05, 3.63) is 0 Å². The first-order valence-electron chi connectivity index (χ1n) is 6.44. The molecule has 0 bridgehead atoms. The second-order valence-electron chi connectivity index (χ2n) is 4.45. The van der Waals surface area contributed by atoms with Gasteiger partial charge in [-0.2, -0.15) is 0 Å². The average molecular weight is 352 g/mol. The second kappa shape index (κ2) is 7.38. The number of rotatable bonds is 3. The van der Waals surface area contributed by atoms with Crippen LogP contribution in [0.3, 0.4) is 0 Å². The summed E-state index contributed by atoms with van der Waals surface area (Å²) < 4.78 is 5.75. The Hall–Kier alpha value is 0.0800. The van der Waals surface area contributed by atoms with Crippen molar-refractivity contribution in [1.82, 2.24) is 4.90 Å². The lowest BCUT2D eigenvalue weighted by Crippen LogP contribution is -2.31. The topological polar surface area (TPSA) is 46.6 Å². The van der Waals surface area contributed by atoms with Crippen molar-refractivity contribution >= 4 is 63.7 Å². The Morgan fingerprint density at radius 1 is 1.40 bits per heavy atom. The molecule has 0 aliphatic carbocycles. The van der Waals surface area contributed by atoms with E-state index in [-0.39, 0.29) is 22.3 Å². The molecule has 2 amide bonds. The second-order valence-corrected chi connectivity index (χ2v) is 8.99. The number of thioether (sulfide) groups is 3. The Bertz CT molecular complexity index is 412. The fourth-order valence-corrected chi connectivity index (χ4v) is 7.05. The molecular weight excluding hydrogens is 334 g/mol. The van der Waals surface area contributed by atoms with Gasteiger partial charge in [-0.1, -0.05) is 11.8 Å². The van der Waals surface area contributed by atoms with Crippen LogP contribution >= 0.6 is 47.5 Å². The summed E-state index contributed by atoms with van der Waals surface area (Å²) in [6.07, 6.45) is 1.16.